The van der Waals surface area contributed by atoms with Gasteiger partial charge in [0.15, 0.2) is 0 Å². The van der Waals surface area contributed by atoms with Crippen LogP contribution in [0.15, 0.2) is 54.6 Å². The average molecular weight is 368 g/mol. The first-order valence-corrected chi connectivity index (χ1v) is 9.46. The van der Waals surface area contributed by atoms with Crippen molar-refractivity contribution in [3.63, 3.8) is 0 Å². The number of para-hydroxylation sites is 1. The standard InChI is InChI=1S/C22H28N2O3/c1-22(2,3)27-21(25)23-17-13-15-24(16-14-17)18-9-11-20(12-10-18)26-19-7-5-4-6-8-19/h4-12,17H,13-16H2,1-3H3,(H,23,25). The fourth-order valence-corrected chi connectivity index (χ4v) is 3.11. The molecule has 1 aliphatic heterocycles. The van der Waals surface area contributed by atoms with Crippen LogP contribution in [0, 0.1) is 0 Å². The van der Waals surface area contributed by atoms with Crippen LogP contribution < -0.4 is 15.0 Å². The van der Waals surface area contributed by atoms with Crippen molar-refractivity contribution in [2.45, 2.75) is 45.3 Å². The molecule has 0 aliphatic carbocycles. The van der Waals surface area contributed by atoms with E-state index >= 15 is 0 Å². The fourth-order valence-electron chi connectivity index (χ4n) is 3.11. The first kappa shape index (κ1) is 19.1. The summed E-state index contributed by atoms with van der Waals surface area (Å²) < 4.78 is 11.2. The molecular formula is C22H28N2O3. The van der Waals surface area contributed by atoms with E-state index in [9.17, 15) is 4.79 Å². The van der Waals surface area contributed by atoms with Gasteiger partial charge in [-0.15, -0.1) is 0 Å². The van der Waals surface area contributed by atoms with Crippen LogP contribution in [0.25, 0.3) is 0 Å². The van der Waals surface area contributed by atoms with E-state index in [-0.39, 0.29) is 12.1 Å². The second kappa shape index (κ2) is 8.33. The maximum Gasteiger partial charge on any atom is 0.407 e. The molecule has 5 nitrogen and oxygen atoms in total. The highest BCUT2D eigenvalue weighted by molar-refractivity contribution is 5.68. The summed E-state index contributed by atoms with van der Waals surface area (Å²) in [5.41, 5.74) is 0.708. The molecule has 1 heterocycles. The molecule has 0 aromatic heterocycles. The van der Waals surface area contributed by atoms with E-state index in [0.29, 0.717) is 0 Å². The molecule has 144 valence electrons. The third-order valence-corrected chi connectivity index (χ3v) is 4.40. The Kier molecular flexibility index (Phi) is 5.89. The predicted octanol–water partition coefficient (Wildman–Crippen LogP) is 4.97. The second-order valence-corrected chi connectivity index (χ2v) is 7.82. The Labute approximate surface area is 161 Å². The predicted molar refractivity (Wildman–Crippen MR) is 108 cm³/mol. The zero-order chi connectivity index (χ0) is 19.3. The van der Waals surface area contributed by atoms with Gasteiger partial charge in [0.05, 0.1) is 0 Å². The quantitative estimate of drug-likeness (QED) is 0.827. The van der Waals surface area contributed by atoms with E-state index in [4.69, 9.17) is 9.47 Å². The monoisotopic (exact) mass is 368 g/mol. The fraction of sp³-hybridized carbons (Fsp3) is 0.409. The first-order chi connectivity index (χ1) is 12.9. The number of piperidine rings is 1. The number of ether oxygens (including phenoxy) is 2. The third kappa shape index (κ3) is 5.91. The maximum atomic E-state index is 11.9. The van der Waals surface area contributed by atoms with Gasteiger partial charge in [0.2, 0.25) is 0 Å². The summed E-state index contributed by atoms with van der Waals surface area (Å²) in [4.78, 5) is 14.2. The largest absolute Gasteiger partial charge is 0.457 e. The van der Waals surface area contributed by atoms with Crippen LogP contribution in [0.5, 0.6) is 11.5 Å². The Morgan fingerprint density at radius 1 is 0.963 bits per heavy atom. The van der Waals surface area contributed by atoms with Gasteiger partial charge < -0.3 is 19.7 Å². The molecule has 0 saturated carbocycles. The van der Waals surface area contributed by atoms with Crippen LogP contribution in [-0.2, 0) is 4.74 Å². The number of alkyl carbamates (subject to hydrolysis) is 1. The molecule has 1 fully saturated rings. The number of anilines is 1. The number of nitrogens with one attached hydrogen (secondary N) is 1. The normalized spacial score (nSPS) is 15.3. The Balaban J connectivity index is 1.49. The molecule has 0 radical (unpaired) electrons. The molecule has 0 spiro atoms. The molecule has 1 aliphatic rings. The number of carbonyl (C=O) groups is 1. The summed E-state index contributed by atoms with van der Waals surface area (Å²) in [7, 11) is 0. The maximum absolute atomic E-state index is 11.9. The number of nitrogens with zero attached hydrogens (tertiary/aromatic N) is 1. The highest BCUT2D eigenvalue weighted by atomic mass is 16.6. The second-order valence-electron chi connectivity index (χ2n) is 7.82. The van der Waals surface area contributed by atoms with Gasteiger partial charge in [-0.3, -0.25) is 0 Å². The summed E-state index contributed by atoms with van der Waals surface area (Å²) in [6.07, 6.45) is 1.48. The highest BCUT2D eigenvalue weighted by Gasteiger charge is 2.23. The lowest BCUT2D eigenvalue weighted by molar-refractivity contribution is 0.0497. The van der Waals surface area contributed by atoms with Crippen molar-refractivity contribution in [1.82, 2.24) is 5.32 Å². The van der Waals surface area contributed by atoms with Crippen molar-refractivity contribution in [2.24, 2.45) is 0 Å². The van der Waals surface area contributed by atoms with Crippen molar-refractivity contribution >= 4 is 11.8 Å². The first-order valence-electron chi connectivity index (χ1n) is 9.46. The van der Waals surface area contributed by atoms with Gasteiger partial charge in [-0.05, 0) is 70.0 Å². The molecule has 0 atom stereocenters. The summed E-state index contributed by atoms with van der Waals surface area (Å²) in [5, 5.41) is 2.98. The molecule has 1 saturated heterocycles. The van der Waals surface area contributed by atoms with Gasteiger partial charge in [0.1, 0.15) is 17.1 Å². The van der Waals surface area contributed by atoms with Crippen LogP contribution >= 0.6 is 0 Å². The molecule has 27 heavy (non-hydrogen) atoms. The van der Waals surface area contributed by atoms with Crippen LogP contribution in [0.2, 0.25) is 0 Å². The topological polar surface area (TPSA) is 50.8 Å². The molecule has 2 aromatic rings. The number of rotatable bonds is 4. The lowest BCUT2D eigenvalue weighted by Crippen LogP contribution is -2.46. The highest BCUT2D eigenvalue weighted by Crippen LogP contribution is 2.26. The summed E-state index contributed by atoms with van der Waals surface area (Å²) in [5.74, 6) is 1.66. The zero-order valence-corrected chi connectivity index (χ0v) is 16.3. The number of hydrogen-bond donors (Lipinski definition) is 1. The number of benzene rings is 2. The number of amides is 1. The zero-order valence-electron chi connectivity index (χ0n) is 16.3. The summed E-state index contributed by atoms with van der Waals surface area (Å²) in [6, 6.07) is 18.1. The van der Waals surface area contributed by atoms with Gasteiger partial charge >= 0.3 is 6.09 Å². The lowest BCUT2D eigenvalue weighted by Gasteiger charge is -2.34. The van der Waals surface area contributed by atoms with Crippen molar-refractivity contribution in [3.8, 4) is 11.5 Å². The lowest BCUT2D eigenvalue weighted by atomic mass is 10.0. The molecular weight excluding hydrogens is 340 g/mol. The Hall–Kier alpha value is -2.69. The van der Waals surface area contributed by atoms with Crippen LogP contribution in [-0.4, -0.2) is 30.8 Å². The van der Waals surface area contributed by atoms with Crippen LogP contribution in [0.3, 0.4) is 0 Å². The molecule has 0 unspecified atom stereocenters. The van der Waals surface area contributed by atoms with Gasteiger partial charge in [0, 0.05) is 24.8 Å². The van der Waals surface area contributed by atoms with E-state index in [1.54, 1.807) is 0 Å². The SMILES string of the molecule is CC(C)(C)OC(=O)NC1CCN(c2ccc(Oc3ccccc3)cc2)CC1. The van der Waals surface area contributed by atoms with E-state index in [1.165, 1.54) is 5.69 Å². The Morgan fingerprint density at radius 3 is 2.15 bits per heavy atom. The minimum atomic E-state index is -0.464. The third-order valence-electron chi connectivity index (χ3n) is 4.40. The van der Waals surface area contributed by atoms with Gasteiger partial charge in [-0.25, -0.2) is 4.79 Å². The summed E-state index contributed by atoms with van der Waals surface area (Å²) >= 11 is 0. The van der Waals surface area contributed by atoms with Crippen molar-refractivity contribution in [3.05, 3.63) is 54.6 Å². The van der Waals surface area contributed by atoms with Gasteiger partial charge in [-0.2, -0.15) is 0 Å². The average Bonchev–Trinajstić information content (AvgIpc) is 2.62. The molecule has 1 amide bonds. The van der Waals surface area contributed by atoms with Gasteiger partial charge in [0.25, 0.3) is 0 Å². The van der Waals surface area contributed by atoms with Crippen molar-refractivity contribution < 1.29 is 14.3 Å². The van der Waals surface area contributed by atoms with E-state index < -0.39 is 5.60 Å². The molecule has 1 N–H and O–H groups in total. The minimum absolute atomic E-state index is 0.164. The van der Waals surface area contributed by atoms with Crippen LogP contribution in [0.4, 0.5) is 10.5 Å². The smallest absolute Gasteiger partial charge is 0.407 e. The van der Waals surface area contributed by atoms with E-state index in [2.05, 4.69) is 22.3 Å². The molecule has 3 rings (SSSR count). The van der Waals surface area contributed by atoms with E-state index in [0.717, 1.165) is 37.4 Å². The Bertz CT molecular complexity index is 730. The number of carbonyl (C=O) groups excluding carboxylic acids is 1. The van der Waals surface area contributed by atoms with Crippen LogP contribution in [0.1, 0.15) is 33.6 Å². The number of hydrogen-bond acceptors (Lipinski definition) is 4. The minimum Gasteiger partial charge on any atom is -0.457 e. The van der Waals surface area contributed by atoms with E-state index in [1.807, 2.05) is 63.2 Å². The Morgan fingerprint density at radius 2 is 1.56 bits per heavy atom. The van der Waals surface area contributed by atoms with Crippen molar-refractivity contribution in [1.29, 1.82) is 0 Å². The molecule has 5 heteroatoms. The molecule has 2 aromatic carbocycles. The summed E-state index contributed by atoms with van der Waals surface area (Å²) in [6.45, 7) is 7.43. The van der Waals surface area contributed by atoms with Crippen molar-refractivity contribution in [2.75, 3.05) is 18.0 Å². The van der Waals surface area contributed by atoms with Gasteiger partial charge in [-0.1, -0.05) is 18.2 Å². The molecule has 0 bridgehead atoms.